The number of unbranched alkanes of at least 4 members (excludes halogenated alkanes) is 27. The van der Waals surface area contributed by atoms with E-state index in [0.717, 1.165) is 75.5 Å². The van der Waals surface area contributed by atoms with Gasteiger partial charge in [0, 0.05) is 19.3 Å². The molecule has 2 atom stereocenters. The van der Waals surface area contributed by atoms with E-state index in [1.807, 2.05) is 0 Å². The fourth-order valence-corrected chi connectivity index (χ4v) is 7.73. The summed E-state index contributed by atoms with van der Waals surface area (Å²) in [4.78, 5) is 37.8. The van der Waals surface area contributed by atoms with E-state index in [1.165, 1.54) is 161 Å². The molecule has 0 saturated carbocycles. The van der Waals surface area contributed by atoms with Crippen molar-refractivity contribution in [2.45, 2.75) is 285 Å². The van der Waals surface area contributed by atoms with Crippen LogP contribution in [0.5, 0.6) is 0 Å². The number of hydrogen-bond donors (Lipinski definition) is 0. The van der Waals surface area contributed by atoms with Gasteiger partial charge in [0.05, 0.1) is 0 Å². The first kappa shape index (κ1) is 56.4. The van der Waals surface area contributed by atoms with Crippen molar-refractivity contribution in [3.05, 3.63) is 0 Å². The Morgan fingerprint density at radius 2 is 0.603 bits per heavy atom. The molecule has 0 bridgehead atoms. The Hall–Kier alpha value is -1.59. The molecular formula is C52H100O6. The summed E-state index contributed by atoms with van der Waals surface area (Å²) >= 11 is 0. The van der Waals surface area contributed by atoms with Crippen molar-refractivity contribution in [1.82, 2.24) is 0 Å². The van der Waals surface area contributed by atoms with Crippen LogP contribution in [0.25, 0.3) is 0 Å². The zero-order chi connectivity index (χ0) is 42.7. The van der Waals surface area contributed by atoms with Crippen LogP contribution in [0.2, 0.25) is 0 Å². The highest BCUT2D eigenvalue weighted by molar-refractivity contribution is 5.71. The summed E-state index contributed by atoms with van der Waals surface area (Å²) in [6.07, 6.45) is 42.5. The van der Waals surface area contributed by atoms with E-state index < -0.39 is 6.10 Å². The van der Waals surface area contributed by atoms with Crippen LogP contribution in [0.3, 0.4) is 0 Å². The van der Waals surface area contributed by atoms with Gasteiger partial charge in [0.25, 0.3) is 0 Å². The molecule has 0 radical (unpaired) electrons. The van der Waals surface area contributed by atoms with E-state index in [9.17, 15) is 14.4 Å². The van der Waals surface area contributed by atoms with Crippen molar-refractivity contribution >= 4 is 17.9 Å². The van der Waals surface area contributed by atoms with Gasteiger partial charge >= 0.3 is 17.9 Å². The lowest BCUT2D eigenvalue weighted by Crippen LogP contribution is -2.30. The van der Waals surface area contributed by atoms with Crippen LogP contribution in [0, 0.1) is 17.8 Å². The predicted molar refractivity (Wildman–Crippen MR) is 247 cm³/mol. The Morgan fingerprint density at radius 3 is 0.897 bits per heavy atom. The van der Waals surface area contributed by atoms with Crippen molar-refractivity contribution in [3.63, 3.8) is 0 Å². The third-order valence-corrected chi connectivity index (χ3v) is 12.0. The number of hydrogen-bond acceptors (Lipinski definition) is 6. The van der Waals surface area contributed by atoms with Crippen LogP contribution in [0.4, 0.5) is 0 Å². The normalized spacial score (nSPS) is 12.6. The molecule has 0 aromatic carbocycles. The number of ether oxygens (including phenoxy) is 3. The molecule has 344 valence electrons. The molecule has 0 aromatic rings. The highest BCUT2D eigenvalue weighted by Gasteiger charge is 2.19. The molecule has 0 aliphatic carbocycles. The zero-order valence-corrected chi connectivity index (χ0v) is 39.8. The Kier molecular flexibility index (Phi) is 42.3. The molecule has 0 spiro atoms. The molecule has 0 amide bonds. The Labute approximate surface area is 361 Å². The van der Waals surface area contributed by atoms with Gasteiger partial charge in [-0.15, -0.1) is 0 Å². The molecule has 0 aliphatic heterocycles. The summed E-state index contributed by atoms with van der Waals surface area (Å²) < 4.78 is 16.8. The summed E-state index contributed by atoms with van der Waals surface area (Å²) in [6, 6.07) is 0. The van der Waals surface area contributed by atoms with Crippen LogP contribution in [-0.2, 0) is 28.6 Å². The maximum absolute atomic E-state index is 12.7. The van der Waals surface area contributed by atoms with Gasteiger partial charge in [-0.1, -0.05) is 241 Å². The lowest BCUT2D eigenvalue weighted by molar-refractivity contribution is -0.167. The smallest absolute Gasteiger partial charge is 0.306 e. The maximum atomic E-state index is 12.7. The molecule has 0 aliphatic rings. The van der Waals surface area contributed by atoms with Crippen molar-refractivity contribution in [2.24, 2.45) is 17.8 Å². The minimum Gasteiger partial charge on any atom is -0.462 e. The molecule has 58 heavy (non-hydrogen) atoms. The average molecular weight is 821 g/mol. The number of carbonyl (C=O) groups is 3. The Bertz CT molecular complexity index is 900. The summed E-state index contributed by atoms with van der Waals surface area (Å²) in [5.74, 6) is 1.60. The Balaban J connectivity index is 4.22. The summed E-state index contributed by atoms with van der Waals surface area (Å²) in [7, 11) is 0. The van der Waals surface area contributed by atoms with E-state index in [-0.39, 0.29) is 31.1 Å². The van der Waals surface area contributed by atoms with Crippen LogP contribution < -0.4 is 0 Å². The Morgan fingerprint density at radius 1 is 0.345 bits per heavy atom. The minimum absolute atomic E-state index is 0.0660. The molecule has 6 heteroatoms. The van der Waals surface area contributed by atoms with E-state index >= 15 is 0 Å². The van der Waals surface area contributed by atoms with Gasteiger partial charge in [-0.3, -0.25) is 14.4 Å². The van der Waals surface area contributed by atoms with Crippen LogP contribution in [-0.4, -0.2) is 37.2 Å². The van der Waals surface area contributed by atoms with E-state index in [0.29, 0.717) is 19.3 Å². The second-order valence-electron chi connectivity index (χ2n) is 19.0. The molecule has 1 unspecified atom stereocenters. The highest BCUT2D eigenvalue weighted by Crippen LogP contribution is 2.18. The average Bonchev–Trinajstić information content (AvgIpc) is 3.19. The standard InChI is InChI=1S/C52H100O6/c1-7-48(6)40-34-28-21-18-19-23-30-36-42-51(54)57-45-49(58-52(55)43-37-31-25-24-27-33-39-47(4)5)44-56-50(53)41-35-29-22-17-15-13-11-9-8-10-12-14-16-20-26-32-38-46(2)3/h46-49H,7-45H2,1-6H3/t48?,49-/m0/s1. The van der Waals surface area contributed by atoms with Gasteiger partial charge in [0.2, 0.25) is 0 Å². The van der Waals surface area contributed by atoms with Crippen molar-refractivity contribution < 1.29 is 28.6 Å². The maximum Gasteiger partial charge on any atom is 0.306 e. The van der Waals surface area contributed by atoms with Crippen molar-refractivity contribution in [1.29, 1.82) is 0 Å². The number of esters is 3. The number of carbonyl (C=O) groups excluding carboxylic acids is 3. The van der Waals surface area contributed by atoms with Gasteiger partial charge in [-0.2, -0.15) is 0 Å². The quantitative estimate of drug-likeness (QED) is 0.0346. The van der Waals surface area contributed by atoms with Crippen LogP contribution in [0.1, 0.15) is 279 Å². The first-order valence-corrected chi connectivity index (χ1v) is 25.6. The van der Waals surface area contributed by atoms with Gasteiger partial charge in [0.1, 0.15) is 13.2 Å². The van der Waals surface area contributed by atoms with E-state index in [4.69, 9.17) is 14.2 Å². The van der Waals surface area contributed by atoms with E-state index in [2.05, 4.69) is 41.5 Å². The van der Waals surface area contributed by atoms with Crippen LogP contribution in [0.15, 0.2) is 0 Å². The number of rotatable bonds is 45. The van der Waals surface area contributed by atoms with Crippen molar-refractivity contribution in [2.75, 3.05) is 13.2 Å². The molecule has 0 aromatic heterocycles. The monoisotopic (exact) mass is 821 g/mol. The predicted octanol–water partition coefficient (Wildman–Crippen LogP) is 16.4. The summed E-state index contributed by atoms with van der Waals surface area (Å²) in [5, 5.41) is 0. The SMILES string of the molecule is CCC(C)CCCCCCCCCCC(=O)OC[C@H](COC(=O)CCCCCCCCCCCCCCCCCCC(C)C)OC(=O)CCCCCCCCC(C)C. The van der Waals surface area contributed by atoms with Crippen molar-refractivity contribution in [3.8, 4) is 0 Å². The molecule has 0 saturated heterocycles. The fraction of sp³-hybridized carbons (Fsp3) is 0.942. The van der Waals surface area contributed by atoms with Gasteiger partial charge in [-0.05, 0) is 37.0 Å². The zero-order valence-electron chi connectivity index (χ0n) is 39.8. The topological polar surface area (TPSA) is 78.9 Å². The molecule has 0 heterocycles. The lowest BCUT2D eigenvalue weighted by atomic mass is 9.99. The highest BCUT2D eigenvalue weighted by atomic mass is 16.6. The van der Waals surface area contributed by atoms with Gasteiger partial charge in [0.15, 0.2) is 6.10 Å². The molecule has 0 fully saturated rings. The summed E-state index contributed by atoms with van der Waals surface area (Å²) in [5.41, 5.74) is 0. The van der Waals surface area contributed by atoms with Gasteiger partial charge < -0.3 is 14.2 Å². The molecule has 0 rings (SSSR count). The van der Waals surface area contributed by atoms with Gasteiger partial charge in [-0.25, -0.2) is 0 Å². The molecule has 0 N–H and O–H groups in total. The second-order valence-corrected chi connectivity index (χ2v) is 19.0. The van der Waals surface area contributed by atoms with Crippen LogP contribution >= 0.6 is 0 Å². The minimum atomic E-state index is -0.763. The van der Waals surface area contributed by atoms with E-state index in [1.54, 1.807) is 0 Å². The first-order chi connectivity index (χ1) is 28.1. The third-order valence-electron chi connectivity index (χ3n) is 12.0. The molecule has 6 nitrogen and oxygen atoms in total. The summed E-state index contributed by atoms with van der Waals surface area (Å²) in [6.45, 7) is 13.7. The molecular weight excluding hydrogens is 721 g/mol. The largest absolute Gasteiger partial charge is 0.462 e. The lowest BCUT2D eigenvalue weighted by Gasteiger charge is -2.18. The first-order valence-electron chi connectivity index (χ1n) is 25.6. The third kappa shape index (κ3) is 44.0. The second kappa shape index (κ2) is 43.5. The fourth-order valence-electron chi connectivity index (χ4n) is 7.73.